The van der Waals surface area contributed by atoms with Crippen molar-refractivity contribution < 1.29 is 4.74 Å². The summed E-state index contributed by atoms with van der Waals surface area (Å²) < 4.78 is 10.5. The molecule has 4 aliphatic rings. The Morgan fingerprint density at radius 3 is 1.25 bits per heavy atom. The zero-order valence-corrected chi connectivity index (χ0v) is 43.4. The van der Waals surface area contributed by atoms with Crippen LogP contribution in [0.2, 0.25) is 0 Å². The maximum atomic E-state index is 7.88. The molecule has 0 unspecified atom stereocenters. The van der Waals surface area contributed by atoms with Crippen molar-refractivity contribution in [1.82, 2.24) is 4.57 Å². The van der Waals surface area contributed by atoms with Crippen LogP contribution in [0.1, 0.15) is 0 Å². The Labute approximate surface area is 465 Å². The fraction of sp³-hybridized carbons (Fsp3) is 0. The van der Waals surface area contributed by atoms with Gasteiger partial charge in [0.15, 0.2) is 0 Å². The van der Waals surface area contributed by atoms with Gasteiger partial charge in [0.25, 0.3) is 13.4 Å². The van der Waals surface area contributed by atoms with Gasteiger partial charge in [-0.25, -0.2) is 0 Å². The fourth-order valence-electron chi connectivity index (χ4n) is 13.8. The van der Waals surface area contributed by atoms with Crippen molar-refractivity contribution in [2.45, 2.75) is 0 Å². The average Bonchev–Trinajstić information content (AvgIpc) is 2.90. The van der Waals surface area contributed by atoms with Crippen LogP contribution in [0.4, 0.5) is 68.2 Å². The zero-order chi connectivity index (χ0) is 52.4. The minimum Gasteiger partial charge on any atom is -0.458 e. The molecule has 6 nitrogen and oxygen atoms in total. The molecule has 0 bridgehead atoms. The summed E-state index contributed by atoms with van der Waals surface area (Å²) in [6.45, 7) is -0.281. The van der Waals surface area contributed by atoms with E-state index in [0.717, 1.165) is 101 Å². The van der Waals surface area contributed by atoms with Crippen molar-refractivity contribution in [2.24, 2.45) is 0 Å². The van der Waals surface area contributed by atoms with Gasteiger partial charge in [-0.2, -0.15) is 0 Å². The van der Waals surface area contributed by atoms with E-state index in [1.165, 1.54) is 38.5 Å². The molecule has 17 rings (SSSR count). The lowest BCUT2D eigenvalue weighted by Gasteiger charge is -2.43. The lowest BCUT2D eigenvalue weighted by Crippen LogP contribution is -2.63. The minimum atomic E-state index is -0.160. The normalized spacial score (nSPS) is 13.0. The number of benzene rings is 12. The van der Waals surface area contributed by atoms with E-state index < -0.39 is 0 Å². The first-order chi connectivity index (χ1) is 39.7. The quantitative estimate of drug-likeness (QED) is 0.141. The van der Waals surface area contributed by atoms with Crippen LogP contribution >= 0.6 is 0 Å². The average molecular weight is 1020 g/mol. The lowest BCUT2D eigenvalue weighted by molar-refractivity contribution is 0.493. The third kappa shape index (κ3) is 6.50. The number of ether oxygens (including phenoxy) is 1. The Bertz CT molecular complexity index is 4520. The van der Waals surface area contributed by atoms with Gasteiger partial charge in [0.2, 0.25) is 0 Å². The van der Waals surface area contributed by atoms with E-state index in [1.807, 2.05) is 0 Å². The van der Waals surface area contributed by atoms with E-state index in [4.69, 9.17) is 4.74 Å². The molecule has 0 fully saturated rings. The molecule has 13 aromatic rings. The first-order valence-corrected chi connectivity index (χ1v) is 27.6. The third-order valence-electron chi connectivity index (χ3n) is 16.9. The summed E-state index contributed by atoms with van der Waals surface area (Å²) in [7, 11) is 0. The summed E-state index contributed by atoms with van der Waals surface area (Å²) in [5.74, 6) is 1.75. The number of nitrogens with zero attached hydrogens (tertiary/aromatic N) is 5. The summed E-state index contributed by atoms with van der Waals surface area (Å²) >= 11 is 0. The molecule has 0 atom stereocenters. The largest absolute Gasteiger partial charge is 0.458 e. The zero-order valence-electron chi connectivity index (χ0n) is 43.4. The van der Waals surface area contributed by atoms with Gasteiger partial charge in [-0.1, -0.05) is 170 Å². The molecule has 12 aromatic carbocycles. The molecule has 0 aliphatic carbocycles. The van der Waals surface area contributed by atoms with E-state index in [9.17, 15) is 0 Å². The molecular formula is C72H47B2N5O. The number of aromatic nitrogens is 1. The molecule has 0 saturated heterocycles. The highest BCUT2D eigenvalue weighted by atomic mass is 16.5. The van der Waals surface area contributed by atoms with Crippen LogP contribution in [-0.4, -0.2) is 18.0 Å². The second-order valence-corrected chi connectivity index (χ2v) is 21.2. The topological polar surface area (TPSA) is 27.1 Å². The van der Waals surface area contributed by atoms with Crippen LogP contribution in [-0.2, 0) is 0 Å². The Morgan fingerprint density at radius 2 is 0.725 bits per heavy atom. The van der Waals surface area contributed by atoms with E-state index >= 15 is 0 Å². The second-order valence-electron chi connectivity index (χ2n) is 21.2. The van der Waals surface area contributed by atoms with Crippen molar-refractivity contribution in [2.75, 3.05) is 19.6 Å². The van der Waals surface area contributed by atoms with Crippen LogP contribution < -0.4 is 57.1 Å². The first kappa shape index (κ1) is 44.7. The second kappa shape index (κ2) is 17.5. The standard InChI is InChI=1S/C72H47B2N5O/c1-7-25-48(26-8-1)75(49-27-9-2-10-28-49)54-43-64-69-65(44-54)79-61-40-22-19-37-56(61)68-71(79)59(73(69)57-38-20-23-41-62(57)77(64)52-33-15-5-16-34-52)47-60-72(68)80-67-46-55(76(50-29-11-3-12-30-50)51-31-13-4-14-32-51)45-66-70(67)74(60)58-39-21-24-42-63(58)78(66)53-35-17-6-18-36-53/h1-47H. The lowest BCUT2D eigenvalue weighted by atomic mass is 9.30. The van der Waals surface area contributed by atoms with E-state index in [2.05, 4.69) is 309 Å². The Hall–Kier alpha value is -10.4. The molecule has 0 amide bonds. The van der Waals surface area contributed by atoms with E-state index in [-0.39, 0.29) is 13.4 Å². The highest BCUT2D eigenvalue weighted by molar-refractivity contribution is 7.03. The SMILES string of the molecule is c1ccc(N(c2ccccc2)c2cc3c4c(c2)N(c2ccccc2)c2ccccc2B4c2cc4c5c(c2O3)c2ccccc2n5-c2cc(N(c3ccccc3)c3ccccc3)cc3c2B4c2ccccc2N3c2ccccc2)cc1. The van der Waals surface area contributed by atoms with Gasteiger partial charge >= 0.3 is 0 Å². The van der Waals surface area contributed by atoms with Crippen molar-refractivity contribution in [3.63, 3.8) is 0 Å². The van der Waals surface area contributed by atoms with Gasteiger partial charge in [0.1, 0.15) is 11.5 Å². The number of rotatable bonds is 8. The summed E-state index contributed by atoms with van der Waals surface area (Å²) in [6.07, 6.45) is 0. The minimum absolute atomic E-state index is 0.120. The Kier molecular flexibility index (Phi) is 9.80. The van der Waals surface area contributed by atoms with Crippen LogP contribution in [0.5, 0.6) is 11.5 Å². The first-order valence-electron chi connectivity index (χ1n) is 27.6. The highest BCUT2D eigenvalue weighted by Gasteiger charge is 2.48. The van der Waals surface area contributed by atoms with Crippen molar-refractivity contribution in [3.8, 4) is 17.2 Å². The van der Waals surface area contributed by atoms with Crippen LogP contribution in [0.15, 0.2) is 285 Å². The number of hydrogen-bond donors (Lipinski definition) is 0. The smallest absolute Gasteiger partial charge is 0.256 e. The Balaban J connectivity index is 0.990. The predicted octanol–water partition coefficient (Wildman–Crippen LogP) is 14.7. The van der Waals surface area contributed by atoms with Crippen molar-refractivity contribution in [1.29, 1.82) is 0 Å². The summed E-state index contributed by atoms with van der Waals surface area (Å²) in [4.78, 5) is 9.72. The molecule has 0 spiro atoms. The summed E-state index contributed by atoms with van der Waals surface area (Å²) in [6, 6.07) is 104. The van der Waals surface area contributed by atoms with Gasteiger partial charge in [0, 0.05) is 79.4 Å². The molecule has 0 radical (unpaired) electrons. The summed E-state index contributed by atoms with van der Waals surface area (Å²) in [5, 5.41) is 2.28. The van der Waals surface area contributed by atoms with Crippen LogP contribution in [0, 0.1) is 0 Å². The molecule has 80 heavy (non-hydrogen) atoms. The van der Waals surface area contributed by atoms with Gasteiger partial charge in [-0.3, -0.25) is 0 Å². The number of para-hydroxylation sites is 9. The van der Waals surface area contributed by atoms with Gasteiger partial charge in [0.05, 0.1) is 22.4 Å². The third-order valence-corrected chi connectivity index (χ3v) is 16.9. The van der Waals surface area contributed by atoms with Crippen LogP contribution in [0.3, 0.4) is 0 Å². The molecule has 5 heterocycles. The van der Waals surface area contributed by atoms with Gasteiger partial charge in [-0.05, 0) is 142 Å². The number of anilines is 12. The maximum Gasteiger partial charge on any atom is 0.256 e. The Morgan fingerprint density at radius 1 is 0.312 bits per heavy atom. The number of hydrogen-bond acceptors (Lipinski definition) is 5. The predicted molar refractivity (Wildman–Crippen MR) is 335 cm³/mol. The molecule has 8 heteroatoms. The van der Waals surface area contributed by atoms with Crippen molar-refractivity contribution >= 4 is 136 Å². The van der Waals surface area contributed by atoms with E-state index in [0.29, 0.717) is 0 Å². The molecule has 372 valence electrons. The van der Waals surface area contributed by atoms with Gasteiger partial charge in [-0.15, -0.1) is 0 Å². The molecule has 4 aliphatic heterocycles. The van der Waals surface area contributed by atoms with Gasteiger partial charge < -0.3 is 28.9 Å². The highest BCUT2D eigenvalue weighted by Crippen LogP contribution is 2.50. The molecule has 0 saturated carbocycles. The summed E-state index contributed by atoms with van der Waals surface area (Å²) in [5.41, 5.74) is 24.0. The fourth-order valence-corrected chi connectivity index (χ4v) is 13.8. The van der Waals surface area contributed by atoms with Crippen molar-refractivity contribution in [3.05, 3.63) is 285 Å². The monoisotopic (exact) mass is 1020 g/mol. The maximum absolute atomic E-state index is 7.88. The van der Waals surface area contributed by atoms with E-state index in [1.54, 1.807) is 0 Å². The number of fused-ring (bicyclic) bond motifs is 12. The molecular weight excluding hydrogens is 972 g/mol. The molecule has 0 N–H and O–H groups in total. The van der Waals surface area contributed by atoms with Crippen LogP contribution in [0.25, 0.3) is 27.5 Å². The molecule has 1 aromatic heterocycles.